The molecule has 1 saturated carbocycles. The van der Waals surface area contributed by atoms with Gasteiger partial charge in [-0.15, -0.1) is 0 Å². The van der Waals surface area contributed by atoms with Gasteiger partial charge in [0.15, 0.2) is 0 Å². The standard InChI is InChI=1S/C23H29ClN4O3/c1-30-15-23(10-11-23)28-12-9-21(19(14-28)20-8-7-18(31-2)13-25-20)27-22(29)26-17-5-3-16(24)4-6-17/h3-8,13,19,21H,9-12,14-15H2,1-2H3,(H2,26,27,29). The van der Waals surface area contributed by atoms with Gasteiger partial charge in [0, 0.05) is 54.1 Å². The molecule has 0 radical (unpaired) electrons. The predicted octanol–water partition coefficient (Wildman–Crippen LogP) is 3.90. The zero-order valence-corrected chi connectivity index (χ0v) is 18.7. The number of methoxy groups -OCH3 is 2. The lowest BCUT2D eigenvalue weighted by atomic mass is 9.87. The van der Waals surface area contributed by atoms with Crippen molar-refractivity contribution < 1.29 is 14.3 Å². The first kappa shape index (κ1) is 21.9. The number of urea groups is 1. The number of aromatic nitrogens is 1. The van der Waals surface area contributed by atoms with E-state index >= 15 is 0 Å². The molecule has 1 aliphatic carbocycles. The van der Waals surface area contributed by atoms with E-state index in [1.807, 2.05) is 12.1 Å². The summed E-state index contributed by atoms with van der Waals surface area (Å²) in [5, 5.41) is 6.70. The molecule has 7 nitrogen and oxygen atoms in total. The summed E-state index contributed by atoms with van der Waals surface area (Å²) in [5.41, 5.74) is 1.79. The number of rotatable bonds is 7. The van der Waals surface area contributed by atoms with E-state index in [0.29, 0.717) is 10.7 Å². The molecule has 0 spiro atoms. The fraction of sp³-hybridized carbons (Fsp3) is 0.478. The Kier molecular flexibility index (Phi) is 6.65. The van der Waals surface area contributed by atoms with E-state index in [2.05, 4.69) is 20.5 Å². The van der Waals surface area contributed by atoms with Gasteiger partial charge in [0.05, 0.1) is 19.9 Å². The van der Waals surface area contributed by atoms with Crippen LogP contribution in [0.25, 0.3) is 0 Å². The second-order valence-electron chi connectivity index (χ2n) is 8.33. The number of ether oxygens (including phenoxy) is 2. The molecule has 2 N–H and O–H groups in total. The van der Waals surface area contributed by atoms with E-state index in [-0.39, 0.29) is 23.5 Å². The smallest absolute Gasteiger partial charge is 0.319 e. The van der Waals surface area contributed by atoms with E-state index in [4.69, 9.17) is 21.1 Å². The number of hydrogen-bond donors (Lipinski definition) is 2. The SMILES string of the molecule is COCC1(N2CCC(NC(=O)Nc3ccc(Cl)cc3)C(c3ccc(OC)cn3)C2)CC1. The maximum Gasteiger partial charge on any atom is 0.319 e. The van der Waals surface area contributed by atoms with Crippen LogP contribution in [0.1, 0.15) is 30.9 Å². The molecule has 166 valence electrons. The van der Waals surface area contributed by atoms with Crippen LogP contribution < -0.4 is 15.4 Å². The molecule has 1 saturated heterocycles. The average molecular weight is 445 g/mol. The van der Waals surface area contributed by atoms with Crippen molar-refractivity contribution in [3.8, 4) is 5.75 Å². The van der Waals surface area contributed by atoms with Crippen LogP contribution in [0.2, 0.25) is 5.02 Å². The Morgan fingerprint density at radius 2 is 2.00 bits per heavy atom. The molecule has 2 heterocycles. The van der Waals surface area contributed by atoms with Gasteiger partial charge in [0.2, 0.25) is 0 Å². The number of carbonyl (C=O) groups is 1. The number of benzene rings is 1. The number of carbonyl (C=O) groups excluding carboxylic acids is 1. The molecule has 2 fully saturated rings. The molecule has 2 amide bonds. The first-order valence-electron chi connectivity index (χ1n) is 10.6. The van der Waals surface area contributed by atoms with Gasteiger partial charge in [-0.25, -0.2) is 4.79 Å². The van der Waals surface area contributed by atoms with Crippen LogP contribution in [0.5, 0.6) is 5.75 Å². The highest BCUT2D eigenvalue weighted by atomic mass is 35.5. The molecule has 1 aromatic heterocycles. The molecule has 1 aliphatic heterocycles. The molecule has 0 bridgehead atoms. The number of nitrogens with one attached hydrogen (secondary N) is 2. The second kappa shape index (κ2) is 9.42. The Balaban J connectivity index is 1.49. The van der Waals surface area contributed by atoms with Crippen LogP contribution in [-0.2, 0) is 4.74 Å². The van der Waals surface area contributed by atoms with Crippen molar-refractivity contribution in [3.63, 3.8) is 0 Å². The van der Waals surface area contributed by atoms with Crippen LogP contribution in [0, 0.1) is 0 Å². The second-order valence-corrected chi connectivity index (χ2v) is 8.77. The quantitative estimate of drug-likeness (QED) is 0.677. The van der Waals surface area contributed by atoms with Gasteiger partial charge < -0.3 is 20.1 Å². The van der Waals surface area contributed by atoms with Crippen LogP contribution in [0.4, 0.5) is 10.5 Å². The highest BCUT2D eigenvalue weighted by molar-refractivity contribution is 6.30. The van der Waals surface area contributed by atoms with Crippen molar-refractivity contribution in [1.82, 2.24) is 15.2 Å². The Morgan fingerprint density at radius 1 is 1.23 bits per heavy atom. The third-order valence-electron chi connectivity index (χ3n) is 6.32. The van der Waals surface area contributed by atoms with Crippen LogP contribution in [0.3, 0.4) is 0 Å². The number of pyridine rings is 1. The Morgan fingerprint density at radius 3 is 2.61 bits per heavy atom. The van der Waals surface area contributed by atoms with Gasteiger partial charge >= 0.3 is 6.03 Å². The van der Waals surface area contributed by atoms with E-state index in [1.165, 1.54) is 0 Å². The van der Waals surface area contributed by atoms with Crippen molar-refractivity contribution in [2.45, 2.75) is 36.8 Å². The monoisotopic (exact) mass is 444 g/mol. The number of nitrogens with zero attached hydrogens (tertiary/aromatic N) is 2. The summed E-state index contributed by atoms with van der Waals surface area (Å²) in [6, 6.07) is 10.8. The summed E-state index contributed by atoms with van der Waals surface area (Å²) < 4.78 is 10.8. The van der Waals surface area contributed by atoms with Crippen molar-refractivity contribution in [3.05, 3.63) is 53.3 Å². The number of likely N-dealkylation sites (tertiary alicyclic amines) is 1. The van der Waals surface area contributed by atoms with Crippen molar-refractivity contribution in [2.75, 3.05) is 39.2 Å². The van der Waals surface area contributed by atoms with Crippen LogP contribution in [-0.4, -0.2) is 61.4 Å². The third-order valence-corrected chi connectivity index (χ3v) is 6.57. The average Bonchev–Trinajstić information content (AvgIpc) is 3.56. The maximum atomic E-state index is 12.7. The molecule has 1 aromatic carbocycles. The first-order chi connectivity index (χ1) is 15.0. The Hall–Kier alpha value is -2.35. The lowest BCUT2D eigenvalue weighted by Gasteiger charge is -2.42. The number of halogens is 1. The fourth-order valence-corrected chi connectivity index (χ4v) is 4.55. The molecular formula is C23H29ClN4O3. The Labute approximate surface area is 188 Å². The molecule has 4 rings (SSSR count). The van der Waals surface area contributed by atoms with Crippen LogP contribution in [0.15, 0.2) is 42.6 Å². The zero-order valence-electron chi connectivity index (χ0n) is 17.9. The molecule has 2 aliphatic rings. The van der Waals surface area contributed by atoms with Crippen molar-refractivity contribution in [2.24, 2.45) is 0 Å². The van der Waals surface area contributed by atoms with E-state index in [0.717, 1.165) is 50.4 Å². The van der Waals surface area contributed by atoms with Gasteiger partial charge in [-0.1, -0.05) is 11.6 Å². The van der Waals surface area contributed by atoms with Gasteiger partial charge in [0.1, 0.15) is 5.75 Å². The van der Waals surface area contributed by atoms with Gasteiger partial charge in [-0.3, -0.25) is 9.88 Å². The molecule has 2 atom stereocenters. The summed E-state index contributed by atoms with van der Waals surface area (Å²) in [6.45, 7) is 2.49. The predicted molar refractivity (Wildman–Crippen MR) is 121 cm³/mol. The topological polar surface area (TPSA) is 75.7 Å². The summed E-state index contributed by atoms with van der Waals surface area (Å²) in [7, 11) is 3.39. The van der Waals surface area contributed by atoms with Crippen molar-refractivity contribution >= 4 is 23.3 Å². The normalized spacial score (nSPS) is 22.5. The minimum Gasteiger partial charge on any atom is -0.495 e. The summed E-state index contributed by atoms with van der Waals surface area (Å²) in [5.74, 6) is 0.796. The summed E-state index contributed by atoms with van der Waals surface area (Å²) in [6.07, 6.45) is 4.89. The van der Waals surface area contributed by atoms with Crippen LogP contribution >= 0.6 is 11.6 Å². The highest BCUT2D eigenvalue weighted by Gasteiger charge is 2.50. The highest BCUT2D eigenvalue weighted by Crippen LogP contribution is 2.45. The minimum atomic E-state index is -0.225. The maximum absolute atomic E-state index is 12.7. The third kappa shape index (κ3) is 5.11. The fourth-order valence-electron chi connectivity index (χ4n) is 4.42. The largest absolute Gasteiger partial charge is 0.495 e. The van der Waals surface area contributed by atoms with E-state index in [9.17, 15) is 4.79 Å². The number of anilines is 1. The minimum absolute atomic E-state index is 0.0252. The van der Waals surface area contributed by atoms with Crippen molar-refractivity contribution in [1.29, 1.82) is 0 Å². The lowest BCUT2D eigenvalue weighted by Crippen LogP contribution is -2.55. The number of piperidine rings is 1. The molecule has 31 heavy (non-hydrogen) atoms. The van der Waals surface area contributed by atoms with Gasteiger partial charge in [-0.05, 0) is 55.7 Å². The van der Waals surface area contributed by atoms with E-state index < -0.39 is 0 Å². The molecule has 8 heteroatoms. The summed E-state index contributed by atoms with van der Waals surface area (Å²) >= 11 is 5.93. The Bertz CT molecular complexity index is 887. The van der Waals surface area contributed by atoms with E-state index in [1.54, 1.807) is 44.7 Å². The summed E-state index contributed by atoms with van der Waals surface area (Å²) in [4.78, 5) is 19.9. The molecule has 2 aromatic rings. The van der Waals surface area contributed by atoms with Gasteiger partial charge in [-0.2, -0.15) is 0 Å². The van der Waals surface area contributed by atoms with Gasteiger partial charge in [0.25, 0.3) is 0 Å². The zero-order chi connectivity index (χ0) is 21.8. The molecular weight excluding hydrogens is 416 g/mol. The number of amides is 2. The first-order valence-corrected chi connectivity index (χ1v) is 11.0. The lowest BCUT2D eigenvalue weighted by molar-refractivity contribution is 0.0479. The molecule has 2 unspecified atom stereocenters. The number of hydrogen-bond acceptors (Lipinski definition) is 5.